The summed E-state index contributed by atoms with van der Waals surface area (Å²) in [6.45, 7) is 2.65. The van der Waals surface area contributed by atoms with E-state index in [1.807, 2.05) is 6.92 Å². The molecule has 0 spiro atoms. The molecule has 0 aliphatic rings. The minimum absolute atomic E-state index is 0.0538. The first kappa shape index (κ1) is 14.2. The molecule has 0 bridgehead atoms. The molecule has 0 saturated carbocycles. The van der Waals surface area contributed by atoms with Gasteiger partial charge in [-0.1, -0.05) is 13.0 Å². The molecule has 0 aromatic heterocycles. The van der Waals surface area contributed by atoms with Crippen LogP contribution >= 0.6 is 0 Å². The van der Waals surface area contributed by atoms with Crippen LogP contribution in [0.15, 0.2) is 18.2 Å². The van der Waals surface area contributed by atoms with Gasteiger partial charge in [0.1, 0.15) is 5.69 Å². The Balaban J connectivity index is 3.12. The average molecular weight is 254 g/mol. The lowest BCUT2D eigenvalue weighted by Gasteiger charge is -2.18. The third kappa shape index (κ3) is 3.33. The third-order valence-electron chi connectivity index (χ3n) is 2.47. The summed E-state index contributed by atoms with van der Waals surface area (Å²) in [4.78, 5) is 12.3. The number of hydrogen-bond donors (Lipinski definition) is 1. The lowest BCUT2D eigenvalue weighted by molar-refractivity contribution is -0.385. The first-order valence-corrected chi connectivity index (χ1v) is 5.84. The number of aliphatic hydroxyl groups excluding tert-OH is 1. The van der Waals surface area contributed by atoms with Gasteiger partial charge in [-0.25, -0.2) is 0 Å². The fourth-order valence-corrected chi connectivity index (χ4v) is 1.60. The van der Waals surface area contributed by atoms with Crippen molar-refractivity contribution >= 4 is 11.4 Å². The van der Waals surface area contributed by atoms with Crippen LogP contribution in [0.3, 0.4) is 0 Å². The standard InChI is InChI=1S/C12H18N2O4/c1-3-9-18-11-6-4-5-10(12(11)14(16)17)13(2)7-8-15/h4-6,15H,3,7-9H2,1-2H3. The van der Waals surface area contributed by atoms with E-state index in [2.05, 4.69) is 0 Å². The Hall–Kier alpha value is -1.82. The molecule has 100 valence electrons. The fraction of sp³-hybridized carbons (Fsp3) is 0.500. The Kier molecular flexibility index (Phi) is 5.38. The molecule has 0 unspecified atom stereocenters. The topological polar surface area (TPSA) is 75.8 Å². The predicted molar refractivity (Wildman–Crippen MR) is 69.2 cm³/mol. The first-order chi connectivity index (χ1) is 8.61. The predicted octanol–water partition coefficient (Wildman–Crippen LogP) is 1.81. The van der Waals surface area contributed by atoms with Gasteiger partial charge >= 0.3 is 5.69 Å². The minimum atomic E-state index is -0.450. The molecule has 0 amide bonds. The number of nitro benzene ring substituents is 1. The summed E-state index contributed by atoms with van der Waals surface area (Å²) in [5.74, 6) is 0.268. The van der Waals surface area contributed by atoms with Gasteiger partial charge in [0.15, 0.2) is 5.75 Å². The smallest absolute Gasteiger partial charge is 0.333 e. The maximum Gasteiger partial charge on any atom is 0.333 e. The SMILES string of the molecule is CCCOc1cccc(N(C)CCO)c1[N+](=O)[O-]. The summed E-state index contributed by atoms with van der Waals surface area (Å²) in [6.07, 6.45) is 0.786. The second-order valence-corrected chi connectivity index (χ2v) is 3.87. The van der Waals surface area contributed by atoms with Gasteiger partial charge in [0.25, 0.3) is 0 Å². The van der Waals surface area contributed by atoms with Crippen molar-refractivity contribution in [2.75, 3.05) is 31.7 Å². The van der Waals surface area contributed by atoms with Crippen molar-refractivity contribution in [1.82, 2.24) is 0 Å². The summed E-state index contributed by atoms with van der Waals surface area (Å²) < 4.78 is 5.39. The van der Waals surface area contributed by atoms with Gasteiger partial charge in [-0.15, -0.1) is 0 Å². The Morgan fingerprint density at radius 2 is 2.22 bits per heavy atom. The van der Waals surface area contributed by atoms with Gasteiger partial charge in [-0.2, -0.15) is 0 Å². The number of anilines is 1. The monoisotopic (exact) mass is 254 g/mol. The van der Waals surface area contributed by atoms with Crippen LogP contribution in [0.25, 0.3) is 0 Å². The van der Waals surface area contributed by atoms with E-state index in [9.17, 15) is 10.1 Å². The molecule has 6 nitrogen and oxygen atoms in total. The molecule has 1 aromatic rings. The molecule has 0 heterocycles. The van der Waals surface area contributed by atoms with Gasteiger partial charge in [-0.05, 0) is 18.6 Å². The van der Waals surface area contributed by atoms with Crippen LogP contribution in [-0.2, 0) is 0 Å². The van der Waals surface area contributed by atoms with Crippen molar-refractivity contribution in [3.63, 3.8) is 0 Å². The number of aliphatic hydroxyl groups is 1. The number of para-hydroxylation sites is 1. The van der Waals surface area contributed by atoms with Crippen molar-refractivity contribution < 1.29 is 14.8 Å². The molecule has 0 fully saturated rings. The molecule has 6 heteroatoms. The number of likely N-dealkylation sites (N-methyl/N-ethyl adjacent to an activating group) is 1. The summed E-state index contributed by atoms with van der Waals surface area (Å²) in [6, 6.07) is 4.94. The van der Waals surface area contributed by atoms with E-state index < -0.39 is 4.92 Å². The van der Waals surface area contributed by atoms with Gasteiger partial charge in [0.2, 0.25) is 0 Å². The molecule has 1 aromatic carbocycles. The molecular weight excluding hydrogens is 236 g/mol. The maximum absolute atomic E-state index is 11.2. The van der Waals surface area contributed by atoms with E-state index in [1.165, 1.54) is 0 Å². The van der Waals surface area contributed by atoms with Crippen molar-refractivity contribution in [3.8, 4) is 5.75 Å². The largest absolute Gasteiger partial charge is 0.487 e. The van der Waals surface area contributed by atoms with Crippen molar-refractivity contribution in [3.05, 3.63) is 28.3 Å². The Labute approximate surface area is 106 Å². The van der Waals surface area contributed by atoms with E-state index in [1.54, 1.807) is 30.1 Å². The van der Waals surface area contributed by atoms with Crippen LogP contribution < -0.4 is 9.64 Å². The Morgan fingerprint density at radius 1 is 1.50 bits per heavy atom. The van der Waals surface area contributed by atoms with Crippen LogP contribution in [-0.4, -0.2) is 36.8 Å². The molecule has 0 atom stereocenters. The number of ether oxygens (including phenoxy) is 1. The van der Waals surface area contributed by atoms with Crippen molar-refractivity contribution in [1.29, 1.82) is 0 Å². The van der Waals surface area contributed by atoms with Crippen LogP contribution in [0.1, 0.15) is 13.3 Å². The highest BCUT2D eigenvalue weighted by molar-refractivity contribution is 5.69. The van der Waals surface area contributed by atoms with Gasteiger partial charge in [-0.3, -0.25) is 10.1 Å². The maximum atomic E-state index is 11.2. The van der Waals surface area contributed by atoms with Crippen molar-refractivity contribution in [2.24, 2.45) is 0 Å². The molecule has 0 radical (unpaired) electrons. The fourth-order valence-electron chi connectivity index (χ4n) is 1.60. The molecule has 1 N–H and O–H groups in total. The van der Waals surface area contributed by atoms with Crippen LogP contribution in [0.4, 0.5) is 11.4 Å². The summed E-state index contributed by atoms with van der Waals surface area (Å²) >= 11 is 0. The summed E-state index contributed by atoms with van der Waals surface area (Å²) in [7, 11) is 1.70. The van der Waals surface area contributed by atoms with Gasteiger partial charge < -0.3 is 14.7 Å². The summed E-state index contributed by atoms with van der Waals surface area (Å²) in [5, 5.41) is 20.0. The van der Waals surface area contributed by atoms with E-state index >= 15 is 0 Å². The Morgan fingerprint density at radius 3 is 2.78 bits per heavy atom. The normalized spacial score (nSPS) is 10.2. The number of hydrogen-bond acceptors (Lipinski definition) is 5. The van der Waals surface area contributed by atoms with Crippen molar-refractivity contribution in [2.45, 2.75) is 13.3 Å². The quantitative estimate of drug-likeness (QED) is 0.593. The van der Waals surface area contributed by atoms with Crippen LogP contribution in [0.5, 0.6) is 5.75 Å². The molecule has 18 heavy (non-hydrogen) atoms. The molecule has 0 aliphatic carbocycles. The van der Waals surface area contributed by atoms with Crippen LogP contribution in [0.2, 0.25) is 0 Å². The number of rotatable bonds is 7. The lowest BCUT2D eigenvalue weighted by Crippen LogP contribution is -2.22. The Bertz CT molecular complexity index is 409. The lowest BCUT2D eigenvalue weighted by atomic mass is 10.2. The average Bonchev–Trinajstić information content (AvgIpc) is 2.35. The second kappa shape index (κ2) is 6.80. The summed E-state index contributed by atoms with van der Waals surface area (Å²) in [5.41, 5.74) is 0.393. The zero-order chi connectivity index (χ0) is 13.5. The highest BCUT2D eigenvalue weighted by Gasteiger charge is 2.23. The minimum Gasteiger partial charge on any atom is -0.487 e. The number of nitro groups is 1. The number of benzene rings is 1. The molecular formula is C12H18N2O4. The first-order valence-electron chi connectivity index (χ1n) is 5.84. The molecule has 0 aliphatic heterocycles. The molecule has 1 rings (SSSR count). The highest BCUT2D eigenvalue weighted by atomic mass is 16.6. The zero-order valence-electron chi connectivity index (χ0n) is 10.6. The van der Waals surface area contributed by atoms with E-state index in [0.717, 1.165) is 6.42 Å². The van der Waals surface area contributed by atoms with E-state index in [4.69, 9.17) is 9.84 Å². The third-order valence-corrected chi connectivity index (χ3v) is 2.47. The van der Waals surface area contributed by atoms with E-state index in [0.29, 0.717) is 18.8 Å². The molecule has 0 saturated heterocycles. The van der Waals surface area contributed by atoms with Gasteiger partial charge in [0, 0.05) is 13.6 Å². The van der Waals surface area contributed by atoms with Crippen LogP contribution in [0, 0.1) is 10.1 Å². The highest BCUT2D eigenvalue weighted by Crippen LogP contribution is 2.36. The van der Waals surface area contributed by atoms with E-state index in [-0.39, 0.29) is 18.0 Å². The second-order valence-electron chi connectivity index (χ2n) is 3.87. The zero-order valence-corrected chi connectivity index (χ0v) is 10.6. The number of nitrogens with zero attached hydrogens (tertiary/aromatic N) is 2. The van der Waals surface area contributed by atoms with Gasteiger partial charge in [0.05, 0.1) is 18.1 Å².